The van der Waals surface area contributed by atoms with E-state index in [-0.39, 0.29) is 28.2 Å². The van der Waals surface area contributed by atoms with Gasteiger partial charge in [-0.1, -0.05) is 34.4 Å². The normalized spacial score (nSPS) is 12.9. The van der Waals surface area contributed by atoms with Gasteiger partial charge in [0, 0.05) is 46.7 Å². The van der Waals surface area contributed by atoms with Crippen molar-refractivity contribution in [3.8, 4) is 0 Å². The van der Waals surface area contributed by atoms with Crippen molar-refractivity contribution in [1.29, 1.82) is 0 Å². The SMILES string of the molecule is C.C.C.Cc1cc2c(C(=O)O)cccc2s1.Cc1cc2c(C(=O)n3nc4c(c3N)CCCC4)cccc2s1.Nc1n[nH]c2c1CCCC2. The van der Waals surface area contributed by atoms with E-state index in [2.05, 4.69) is 28.3 Å². The van der Waals surface area contributed by atoms with E-state index in [1.165, 1.54) is 33.7 Å². The maximum atomic E-state index is 12.9. The van der Waals surface area contributed by atoms with E-state index in [4.69, 9.17) is 16.6 Å². The number of carboxylic acids is 1. The van der Waals surface area contributed by atoms with Gasteiger partial charge in [0.1, 0.15) is 11.6 Å². The second-order valence-corrected chi connectivity index (χ2v) is 14.0. The predicted molar refractivity (Wildman–Crippen MR) is 203 cm³/mol. The van der Waals surface area contributed by atoms with Crippen molar-refractivity contribution in [3.63, 3.8) is 0 Å². The molecule has 0 saturated heterocycles. The summed E-state index contributed by atoms with van der Waals surface area (Å²) in [7, 11) is 0. The number of benzene rings is 2. The van der Waals surface area contributed by atoms with E-state index in [0.29, 0.717) is 22.8 Å². The number of aryl methyl sites for hydroxylation is 4. The first kappa shape index (κ1) is 38.0. The van der Waals surface area contributed by atoms with Crippen molar-refractivity contribution in [2.45, 2.75) is 87.5 Å². The van der Waals surface area contributed by atoms with Crippen LogP contribution in [0, 0.1) is 13.8 Å². The number of hydrogen-bond donors (Lipinski definition) is 4. The molecule has 0 spiro atoms. The summed E-state index contributed by atoms with van der Waals surface area (Å²) in [5.74, 6) is 0.233. The molecular weight excluding hydrogens is 641 g/mol. The Balaban J connectivity index is 0.000000206. The lowest BCUT2D eigenvalue weighted by molar-refractivity contribution is 0.0698. The minimum atomic E-state index is -0.858. The van der Waals surface area contributed by atoms with Crippen molar-refractivity contribution in [1.82, 2.24) is 20.0 Å². The first-order valence-electron chi connectivity index (χ1n) is 15.2. The van der Waals surface area contributed by atoms with Gasteiger partial charge in [0.15, 0.2) is 0 Å². The van der Waals surface area contributed by atoms with Crippen LogP contribution in [0.2, 0.25) is 0 Å². The smallest absolute Gasteiger partial charge is 0.336 e. The summed E-state index contributed by atoms with van der Waals surface area (Å²) in [6, 6.07) is 15.2. The Bertz CT molecular complexity index is 2030. The van der Waals surface area contributed by atoms with Crippen LogP contribution in [0.4, 0.5) is 11.6 Å². The average Bonchev–Trinajstić information content (AvgIpc) is 3.80. The number of aromatic nitrogens is 4. The van der Waals surface area contributed by atoms with E-state index < -0.39 is 5.97 Å². The molecule has 0 saturated carbocycles. The molecule has 8 rings (SSSR count). The number of fused-ring (bicyclic) bond motifs is 4. The highest BCUT2D eigenvalue weighted by molar-refractivity contribution is 7.19. The van der Waals surface area contributed by atoms with Crippen LogP contribution in [0.15, 0.2) is 48.5 Å². The molecule has 0 radical (unpaired) electrons. The fraction of sp³-hybridized carbons (Fsp3) is 0.351. The molecule has 9 nitrogen and oxygen atoms in total. The van der Waals surface area contributed by atoms with Gasteiger partial charge in [-0.25, -0.2) is 4.79 Å². The Morgan fingerprint density at radius 2 is 1.33 bits per heavy atom. The molecule has 11 heteroatoms. The molecule has 0 atom stereocenters. The van der Waals surface area contributed by atoms with Crippen LogP contribution in [0.25, 0.3) is 20.2 Å². The zero-order valence-corrected chi connectivity index (χ0v) is 27.0. The van der Waals surface area contributed by atoms with E-state index >= 15 is 0 Å². The number of rotatable bonds is 2. The van der Waals surface area contributed by atoms with Gasteiger partial charge in [-0.05, 0) is 102 Å². The number of carboxylic acid groups (broad SMARTS) is 1. The van der Waals surface area contributed by atoms with Crippen LogP contribution < -0.4 is 11.5 Å². The molecule has 0 aliphatic heterocycles. The molecular formula is C37H48N6O3S2. The van der Waals surface area contributed by atoms with Crippen LogP contribution in [-0.4, -0.2) is 37.0 Å². The molecule has 4 heterocycles. The van der Waals surface area contributed by atoms with Gasteiger partial charge >= 0.3 is 5.97 Å². The average molecular weight is 689 g/mol. The van der Waals surface area contributed by atoms with Gasteiger partial charge in [-0.15, -0.1) is 22.7 Å². The maximum absolute atomic E-state index is 12.9. The maximum Gasteiger partial charge on any atom is 0.336 e. The van der Waals surface area contributed by atoms with E-state index in [1.54, 1.807) is 34.8 Å². The number of nitrogens with two attached hydrogens (primary N) is 2. The van der Waals surface area contributed by atoms with Crippen LogP contribution in [0.5, 0.6) is 0 Å². The standard InChI is InChI=1S/C17H17N3OS.C10H8O2S.C7H11N3.3CH4/c1-10-9-13-11(6-4-8-15(13)22-10)17(21)20-16(18)12-5-2-3-7-14(12)19-20;1-6-5-8-7(10(11)12)3-2-4-9(8)13-6;8-7-5-3-1-2-4-6(5)9-10-7;;;/h4,6,8-9H,2-3,5,7,18H2,1H3;2-5H,1H3,(H,11,12);1-4H2,(H3,8,9,10);3*1H4. The Kier molecular flexibility index (Phi) is 12.7. The number of aromatic amines is 1. The molecule has 6 aromatic rings. The number of nitrogen functional groups attached to an aromatic ring is 2. The minimum Gasteiger partial charge on any atom is -0.478 e. The van der Waals surface area contributed by atoms with Gasteiger partial charge in [0.2, 0.25) is 0 Å². The molecule has 0 unspecified atom stereocenters. The van der Waals surface area contributed by atoms with Gasteiger partial charge < -0.3 is 16.6 Å². The van der Waals surface area contributed by atoms with Gasteiger partial charge in [0.05, 0.1) is 16.8 Å². The summed E-state index contributed by atoms with van der Waals surface area (Å²) >= 11 is 3.32. The number of carbonyl (C=O) groups excluding carboxylic acids is 1. The van der Waals surface area contributed by atoms with Crippen molar-refractivity contribution >= 4 is 66.4 Å². The number of carbonyl (C=O) groups is 2. The Labute approximate surface area is 291 Å². The molecule has 0 bridgehead atoms. The fourth-order valence-electron chi connectivity index (χ4n) is 6.10. The lowest BCUT2D eigenvalue weighted by Gasteiger charge is -2.08. The lowest BCUT2D eigenvalue weighted by Crippen LogP contribution is -2.16. The monoisotopic (exact) mass is 688 g/mol. The molecule has 6 N–H and O–H groups in total. The minimum absolute atomic E-state index is 0. The van der Waals surface area contributed by atoms with Crippen molar-refractivity contribution in [2.24, 2.45) is 0 Å². The van der Waals surface area contributed by atoms with Gasteiger partial charge in [-0.2, -0.15) is 14.9 Å². The lowest BCUT2D eigenvalue weighted by atomic mass is 9.98. The first-order chi connectivity index (χ1) is 21.7. The number of hydrogen-bond acceptors (Lipinski definition) is 8. The number of aromatic carboxylic acids is 1. The van der Waals surface area contributed by atoms with Crippen LogP contribution in [0.3, 0.4) is 0 Å². The highest BCUT2D eigenvalue weighted by Crippen LogP contribution is 2.31. The quantitative estimate of drug-likeness (QED) is 0.141. The van der Waals surface area contributed by atoms with Crippen molar-refractivity contribution in [2.75, 3.05) is 11.5 Å². The summed E-state index contributed by atoms with van der Waals surface area (Å²) in [5, 5.41) is 22.1. The van der Waals surface area contributed by atoms with Crippen LogP contribution in [0.1, 0.15) is 101 Å². The number of thiophene rings is 2. The Morgan fingerprint density at radius 3 is 1.92 bits per heavy atom. The van der Waals surface area contributed by atoms with Crippen molar-refractivity contribution < 1.29 is 14.7 Å². The van der Waals surface area contributed by atoms with Gasteiger partial charge in [-0.3, -0.25) is 9.89 Å². The molecule has 2 aromatic carbocycles. The zero-order chi connectivity index (χ0) is 31.7. The molecule has 2 aliphatic rings. The third-order valence-corrected chi connectivity index (χ3v) is 10.3. The highest BCUT2D eigenvalue weighted by atomic mass is 32.1. The molecule has 0 fully saturated rings. The van der Waals surface area contributed by atoms with Crippen LogP contribution in [-0.2, 0) is 25.7 Å². The zero-order valence-electron chi connectivity index (χ0n) is 25.4. The second kappa shape index (κ2) is 16.1. The summed E-state index contributed by atoms with van der Waals surface area (Å²) in [4.78, 5) is 26.1. The summed E-state index contributed by atoms with van der Waals surface area (Å²) in [6.45, 7) is 4.04. The van der Waals surface area contributed by atoms with E-state index in [0.717, 1.165) is 74.8 Å². The molecule has 4 aromatic heterocycles. The first-order valence-corrected chi connectivity index (χ1v) is 16.8. The summed E-state index contributed by atoms with van der Waals surface area (Å²) < 4.78 is 3.56. The molecule has 48 heavy (non-hydrogen) atoms. The summed E-state index contributed by atoms with van der Waals surface area (Å²) in [5.41, 5.74) is 17.4. The Hall–Kier alpha value is -4.48. The number of H-pyrrole nitrogens is 1. The topological polar surface area (TPSA) is 153 Å². The molecule has 0 amide bonds. The number of nitrogens with one attached hydrogen (secondary N) is 1. The number of anilines is 2. The largest absolute Gasteiger partial charge is 0.478 e. The van der Waals surface area contributed by atoms with Gasteiger partial charge in [0.25, 0.3) is 5.91 Å². The Morgan fingerprint density at radius 1 is 0.792 bits per heavy atom. The fourth-order valence-corrected chi connectivity index (χ4v) is 8.00. The van der Waals surface area contributed by atoms with Crippen molar-refractivity contribution in [3.05, 3.63) is 91.9 Å². The summed E-state index contributed by atoms with van der Waals surface area (Å²) in [6.07, 6.45) is 8.85. The molecule has 256 valence electrons. The van der Waals surface area contributed by atoms with Crippen LogP contribution >= 0.6 is 22.7 Å². The van der Waals surface area contributed by atoms with E-state index in [9.17, 15) is 9.59 Å². The third kappa shape index (κ3) is 7.63. The third-order valence-electron chi connectivity index (χ3n) is 8.31. The highest BCUT2D eigenvalue weighted by Gasteiger charge is 2.24. The number of nitrogens with zero attached hydrogens (tertiary/aromatic N) is 3. The predicted octanol–water partition coefficient (Wildman–Crippen LogP) is 9.24. The molecule has 2 aliphatic carbocycles. The van der Waals surface area contributed by atoms with E-state index in [1.807, 2.05) is 37.3 Å². The second-order valence-electron chi connectivity index (χ2n) is 11.5.